The first kappa shape index (κ1) is 24.5. The van der Waals surface area contributed by atoms with E-state index < -0.39 is 21.9 Å². The maximum absolute atomic E-state index is 13.0. The fourth-order valence-corrected chi connectivity index (χ4v) is 4.71. The van der Waals surface area contributed by atoms with Crippen molar-refractivity contribution in [3.05, 3.63) is 65.3 Å². The molecule has 35 heavy (non-hydrogen) atoms. The van der Waals surface area contributed by atoms with Crippen molar-refractivity contribution >= 4 is 27.6 Å². The Morgan fingerprint density at radius 2 is 1.71 bits per heavy atom. The second-order valence-electron chi connectivity index (χ2n) is 7.52. The average molecular weight is 519 g/mol. The lowest BCUT2D eigenvalue weighted by atomic mass is 10.1. The number of methoxy groups -OCH3 is 2. The highest BCUT2D eigenvalue weighted by Gasteiger charge is 2.27. The number of aryl methyl sites for hydroxylation is 1. The molecule has 0 saturated heterocycles. The number of aliphatic hydroxyl groups excluding tert-OH is 1. The number of aromatic nitrogens is 5. The number of nitrogens with zero attached hydrogens (tertiary/aromatic N) is 5. The van der Waals surface area contributed by atoms with Crippen molar-refractivity contribution in [2.24, 2.45) is 7.05 Å². The van der Waals surface area contributed by atoms with Crippen LogP contribution < -0.4 is 14.2 Å². The fraction of sp³-hybridized carbons (Fsp3) is 0.227. The summed E-state index contributed by atoms with van der Waals surface area (Å²) in [6.07, 6.45) is 0.428. The summed E-state index contributed by atoms with van der Waals surface area (Å²) in [7, 11) is 0.620. The topological polar surface area (TPSA) is 133 Å². The van der Waals surface area contributed by atoms with Gasteiger partial charge in [-0.2, -0.15) is 5.10 Å². The summed E-state index contributed by atoms with van der Waals surface area (Å²) >= 11 is 5.88. The van der Waals surface area contributed by atoms with Gasteiger partial charge in [-0.3, -0.25) is 14.0 Å². The Bertz CT molecular complexity index is 1410. The minimum atomic E-state index is -4.09. The Balaban J connectivity index is 1.77. The molecule has 11 nitrogen and oxygen atoms in total. The van der Waals surface area contributed by atoms with Crippen LogP contribution in [0.25, 0.3) is 17.2 Å². The van der Waals surface area contributed by atoms with Gasteiger partial charge in [-0.1, -0.05) is 29.8 Å². The van der Waals surface area contributed by atoms with Gasteiger partial charge in [0.25, 0.3) is 0 Å². The molecule has 0 unspecified atom stereocenters. The molecule has 2 aromatic heterocycles. The van der Waals surface area contributed by atoms with E-state index in [1.54, 1.807) is 66.5 Å². The van der Waals surface area contributed by atoms with Crippen molar-refractivity contribution in [3.63, 3.8) is 0 Å². The van der Waals surface area contributed by atoms with Gasteiger partial charge in [0, 0.05) is 18.3 Å². The van der Waals surface area contributed by atoms with Crippen LogP contribution in [-0.2, 0) is 17.1 Å². The number of nitrogens with one attached hydrogen (secondary N) is 1. The molecule has 0 bridgehead atoms. The quantitative estimate of drug-likeness (QED) is 0.345. The molecular formula is C22H23ClN6O5S. The van der Waals surface area contributed by atoms with E-state index in [9.17, 15) is 13.5 Å². The van der Waals surface area contributed by atoms with E-state index in [4.69, 9.17) is 21.1 Å². The van der Waals surface area contributed by atoms with Crippen molar-refractivity contribution in [2.45, 2.75) is 6.10 Å². The molecule has 0 aliphatic heterocycles. The van der Waals surface area contributed by atoms with Crippen LogP contribution in [0, 0.1) is 0 Å². The lowest BCUT2D eigenvalue weighted by Gasteiger charge is -2.18. The first-order valence-corrected chi connectivity index (χ1v) is 12.4. The zero-order valence-corrected chi connectivity index (χ0v) is 20.7. The maximum atomic E-state index is 13.0. The van der Waals surface area contributed by atoms with Crippen LogP contribution in [0.3, 0.4) is 0 Å². The van der Waals surface area contributed by atoms with Gasteiger partial charge in [0.05, 0.1) is 26.1 Å². The molecular weight excluding hydrogens is 496 g/mol. The van der Waals surface area contributed by atoms with E-state index >= 15 is 0 Å². The number of aliphatic hydroxyl groups is 1. The number of hydrogen-bond acceptors (Lipinski definition) is 8. The number of ether oxygens (including phenoxy) is 2. The van der Waals surface area contributed by atoms with Crippen LogP contribution in [0.4, 0.5) is 5.95 Å². The molecule has 1 atom stereocenters. The summed E-state index contributed by atoms with van der Waals surface area (Å²) in [6, 6.07) is 13.1. The number of benzene rings is 2. The average Bonchev–Trinajstić information content (AvgIpc) is 3.43. The highest BCUT2D eigenvalue weighted by molar-refractivity contribution is 7.92. The lowest BCUT2D eigenvalue weighted by molar-refractivity contribution is 0.202. The summed E-state index contributed by atoms with van der Waals surface area (Å²) in [5, 5.41) is 23.6. The number of halogens is 1. The summed E-state index contributed by atoms with van der Waals surface area (Å²) < 4.78 is 42.6. The first-order chi connectivity index (χ1) is 16.7. The minimum Gasteiger partial charge on any atom is -0.494 e. The van der Waals surface area contributed by atoms with Gasteiger partial charge in [0.15, 0.2) is 5.82 Å². The van der Waals surface area contributed by atoms with E-state index in [1.165, 1.54) is 18.8 Å². The fourth-order valence-electron chi connectivity index (χ4n) is 3.48. The molecule has 13 heteroatoms. The Hall–Kier alpha value is -3.61. The highest BCUT2D eigenvalue weighted by atomic mass is 35.5. The molecule has 0 saturated carbocycles. The molecule has 0 amide bonds. The van der Waals surface area contributed by atoms with Gasteiger partial charge in [-0.05, 0) is 35.9 Å². The van der Waals surface area contributed by atoms with Crippen LogP contribution in [0.5, 0.6) is 11.5 Å². The van der Waals surface area contributed by atoms with Gasteiger partial charge in [0.1, 0.15) is 22.9 Å². The lowest BCUT2D eigenvalue weighted by Crippen LogP contribution is -2.23. The monoisotopic (exact) mass is 518 g/mol. The van der Waals surface area contributed by atoms with Crippen molar-refractivity contribution in [2.75, 3.05) is 24.7 Å². The minimum absolute atomic E-state index is 0.128. The van der Waals surface area contributed by atoms with Crippen molar-refractivity contribution in [1.82, 2.24) is 24.5 Å². The zero-order valence-electron chi connectivity index (χ0n) is 19.1. The highest BCUT2D eigenvalue weighted by Crippen LogP contribution is 2.37. The van der Waals surface area contributed by atoms with Crippen molar-refractivity contribution in [3.8, 4) is 28.7 Å². The number of hydrogen-bond donors (Lipinski definition) is 2. The third-order valence-electron chi connectivity index (χ3n) is 5.11. The molecule has 0 spiro atoms. The van der Waals surface area contributed by atoms with E-state index in [-0.39, 0.29) is 11.8 Å². The SMILES string of the molecule is COc1cccc(OC)c1-n1c(NS(=O)(=O)C[C@@H](O)c2ccc(Cl)cc2)nnc1-c1ccn(C)n1. The Kier molecular flexibility index (Phi) is 6.96. The Morgan fingerprint density at radius 1 is 1.06 bits per heavy atom. The summed E-state index contributed by atoms with van der Waals surface area (Å²) in [4.78, 5) is 0. The van der Waals surface area contributed by atoms with Gasteiger partial charge >= 0.3 is 0 Å². The van der Waals surface area contributed by atoms with Crippen LogP contribution >= 0.6 is 11.6 Å². The van der Waals surface area contributed by atoms with E-state index in [0.29, 0.717) is 33.5 Å². The van der Waals surface area contributed by atoms with Crippen LogP contribution in [-0.4, -0.2) is 58.0 Å². The zero-order chi connectivity index (χ0) is 25.2. The Labute approximate surface area is 206 Å². The molecule has 0 aliphatic rings. The van der Waals surface area contributed by atoms with E-state index in [0.717, 1.165) is 0 Å². The molecule has 4 aromatic rings. The van der Waals surface area contributed by atoms with Gasteiger partial charge < -0.3 is 14.6 Å². The second kappa shape index (κ2) is 9.94. The van der Waals surface area contributed by atoms with E-state index in [2.05, 4.69) is 20.0 Å². The predicted molar refractivity (Wildman–Crippen MR) is 130 cm³/mol. The Morgan fingerprint density at radius 3 is 2.29 bits per heavy atom. The smallest absolute Gasteiger partial charge is 0.243 e. The number of rotatable bonds is 9. The predicted octanol–water partition coefficient (Wildman–Crippen LogP) is 2.81. The van der Waals surface area contributed by atoms with Crippen molar-refractivity contribution in [1.29, 1.82) is 0 Å². The van der Waals surface area contributed by atoms with E-state index in [1.807, 2.05) is 0 Å². The molecule has 0 fully saturated rings. The summed E-state index contributed by atoms with van der Waals surface area (Å²) in [5.41, 5.74) is 1.22. The molecule has 2 aromatic carbocycles. The molecule has 4 rings (SSSR count). The van der Waals surface area contributed by atoms with Crippen LogP contribution in [0.15, 0.2) is 54.7 Å². The first-order valence-electron chi connectivity index (χ1n) is 10.3. The molecule has 184 valence electrons. The largest absolute Gasteiger partial charge is 0.494 e. The van der Waals surface area contributed by atoms with Gasteiger partial charge in [-0.15, -0.1) is 10.2 Å². The number of anilines is 1. The van der Waals surface area contributed by atoms with Crippen LogP contribution in [0.2, 0.25) is 5.02 Å². The third kappa shape index (κ3) is 5.24. The van der Waals surface area contributed by atoms with Crippen LogP contribution in [0.1, 0.15) is 11.7 Å². The summed E-state index contributed by atoms with van der Waals surface area (Å²) in [5.74, 6) is 0.288. The maximum Gasteiger partial charge on any atom is 0.243 e. The second-order valence-corrected chi connectivity index (χ2v) is 9.72. The molecule has 0 aliphatic carbocycles. The standard InChI is InChI=1S/C22H23ClN6O5S/c1-28-12-11-16(26-28)21-24-25-22(29(21)20-18(33-2)5-4-6-19(20)34-3)27-35(31,32)13-17(30)14-7-9-15(23)10-8-14/h4-12,17,30H,13H2,1-3H3,(H,25,27)/t17-/m1/s1. The van der Waals surface area contributed by atoms with Gasteiger partial charge in [-0.25, -0.2) is 8.42 Å². The van der Waals surface area contributed by atoms with Crippen molar-refractivity contribution < 1.29 is 23.0 Å². The third-order valence-corrected chi connectivity index (χ3v) is 6.61. The van der Waals surface area contributed by atoms with Gasteiger partial charge in [0.2, 0.25) is 16.0 Å². The molecule has 2 heterocycles. The summed E-state index contributed by atoms with van der Waals surface area (Å²) in [6.45, 7) is 0. The molecule has 0 radical (unpaired) electrons. The normalized spacial score (nSPS) is 12.4. The number of sulfonamides is 1. The molecule has 2 N–H and O–H groups in total. The number of para-hydroxylation sites is 1.